The molecule has 1 fully saturated rings. The number of rotatable bonds is 4. The van der Waals surface area contributed by atoms with Crippen LogP contribution in [-0.2, 0) is 20.9 Å². The summed E-state index contributed by atoms with van der Waals surface area (Å²) >= 11 is 0. The van der Waals surface area contributed by atoms with Crippen molar-refractivity contribution in [2.75, 3.05) is 0 Å². The van der Waals surface area contributed by atoms with Gasteiger partial charge in [-0.15, -0.1) is 0 Å². The molecule has 1 amide bonds. The van der Waals surface area contributed by atoms with Gasteiger partial charge in [0.25, 0.3) is 0 Å². The zero-order valence-electron chi connectivity index (χ0n) is 12.5. The van der Waals surface area contributed by atoms with Crippen molar-refractivity contribution in [3.05, 3.63) is 35.3 Å². The maximum Gasteiger partial charge on any atom is 0.332 e. The molecule has 0 radical (unpaired) electrons. The number of benzene rings is 1. The zero-order valence-corrected chi connectivity index (χ0v) is 12.5. The Bertz CT molecular complexity index is 769. The van der Waals surface area contributed by atoms with Gasteiger partial charge in [-0.1, -0.05) is 0 Å². The summed E-state index contributed by atoms with van der Waals surface area (Å²) in [5.74, 6) is -1.25. The number of carboxylic acid groups (broad SMARTS) is 1. The molecule has 3 rings (SSSR count). The lowest BCUT2D eigenvalue weighted by molar-refractivity contribution is -0.151. The Morgan fingerprint density at radius 3 is 2.78 bits per heavy atom. The van der Waals surface area contributed by atoms with Gasteiger partial charge in [0.05, 0.1) is 6.54 Å². The molecule has 1 aromatic carbocycles. The molecule has 2 atom stereocenters. The predicted octanol–water partition coefficient (Wildman–Crippen LogP) is 2.13. The first-order chi connectivity index (χ1) is 11.0. The number of hydrogen-bond donors (Lipinski definition) is 2. The van der Waals surface area contributed by atoms with Gasteiger partial charge in [0.2, 0.25) is 5.91 Å². The molecule has 2 N–H and O–H groups in total. The van der Waals surface area contributed by atoms with E-state index in [4.69, 9.17) is 14.3 Å². The summed E-state index contributed by atoms with van der Waals surface area (Å²) in [4.78, 5) is 22.9. The highest BCUT2D eigenvalue weighted by atomic mass is 19.1. The maximum atomic E-state index is 13.3. The van der Waals surface area contributed by atoms with Crippen LogP contribution in [0.25, 0.3) is 11.0 Å². The summed E-state index contributed by atoms with van der Waals surface area (Å²) in [7, 11) is 0. The van der Waals surface area contributed by atoms with E-state index in [0.29, 0.717) is 29.6 Å². The molecule has 0 spiro atoms. The standard InChI is InChI=1S/C16H16FNO5/c1-8-10-6-9(17)2-3-11(10)22-14(8)7-18-15(19)12-4-5-13(23-12)16(20)21/h2-3,6,12-13H,4-5,7H2,1H3,(H,18,19)(H,20,21)/t12-,13+/m0/s1. The molecule has 7 heteroatoms. The van der Waals surface area contributed by atoms with Crippen molar-refractivity contribution in [3.8, 4) is 0 Å². The van der Waals surface area contributed by atoms with Gasteiger partial charge >= 0.3 is 5.97 Å². The van der Waals surface area contributed by atoms with Crippen molar-refractivity contribution in [1.29, 1.82) is 0 Å². The average molecular weight is 321 g/mol. The quantitative estimate of drug-likeness (QED) is 0.900. The number of aliphatic carboxylic acids is 1. The number of furan rings is 1. The van der Waals surface area contributed by atoms with E-state index in [0.717, 1.165) is 5.56 Å². The molecular formula is C16H16FNO5. The van der Waals surface area contributed by atoms with E-state index in [2.05, 4.69) is 5.32 Å². The lowest BCUT2D eigenvalue weighted by atomic mass is 10.1. The van der Waals surface area contributed by atoms with Crippen molar-refractivity contribution in [1.82, 2.24) is 5.32 Å². The highest BCUT2D eigenvalue weighted by Gasteiger charge is 2.34. The first-order valence-electron chi connectivity index (χ1n) is 7.29. The molecule has 0 aliphatic carbocycles. The van der Waals surface area contributed by atoms with Crippen molar-refractivity contribution in [2.45, 2.75) is 38.5 Å². The second-order valence-corrected chi connectivity index (χ2v) is 5.54. The molecule has 23 heavy (non-hydrogen) atoms. The van der Waals surface area contributed by atoms with Crippen LogP contribution in [0.4, 0.5) is 4.39 Å². The molecule has 1 aliphatic rings. The number of nitrogens with one attached hydrogen (secondary N) is 1. The minimum atomic E-state index is -1.06. The number of halogens is 1. The van der Waals surface area contributed by atoms with Crippen LogP contribution in [0.1, 0.15) is 24.2 Å². The lowest BCUT2D eigenvalue weighted by Gasteiger charge is -2.11. The molecule has 0 saturated carbocycles. The van der Waals surface area contributed by atoms with E-state index < -0.39 is 18.2 Å². The van der Waals surface area contributed by atoms with Crippen LogP contribution in [0.2, 0.25) is 0 Å². The predicted molar refractivity (Wildman–Crippen MR) is 78.3 cm³/mol. The monoisotopic (exact) mass is 321 g/mol. The topological polar surface area (TPSA) is 88.8 Å². The largest absolute Gasteiger partial charge is 0.479 e. The molecule has 122 valence electrons. The van der Waals surface area contributed by atoms with Crippen molar-refractivity contribution in [2.24, 2.45) is 0 Å². The number of carbonyl (C=O) groups excluding carboxylic acids is 1. The Morgan fingerprint density at radius 1 is 1.35 bits per heavy atom. The van der Waals surface area contributed by atoms with Crippen LogP contribution in [0, 0.1) is 12.7 Å². The fourth-order valence-corrected chi connectivity index (χ4v) is 2.71. The first kappa shape index (κ1) is 15.5. The van der Waals surface area contributed by atoms with Crippen molar-refractivity contribution < 1.29 is 28.2 Å². The van der Waals surface area contributed by atoms with Gasteiger partial charge < -0.3 is 19.6 Å². The molecule has 1 aliphatic heterocycles. The fraction of sp³-hybridized carbons (Fsp3) is 0.375. The molecule has 0 bridgehead atoms. The van der Waals surface area contributed by atoms with E-state index in [1.165, 1.54) is 12.1 Å². The van der Waals surface area contributed by atoms with Gasteiger partial charge in [-0.3, -0.25) is 4.79 Å². The number of ether oxygens (including phenoxy) is 1. The van der Waals surface area contributed by atoms with E-state index in [1.54, 1.807) is 13.0 Å². The summed E-state index contributed by atoms with van der Waals surface area (Å²) in [6.07, 6.45) is -1.01. The number of carbonyl (C=O) groups is 2. The van der Waals surface area contributed by atoms with Crippen LogP contribution in [0.15, 0.2) is 22.6 Å². The van der Waals surface area contributed by atoms with Gasteiger partial charge in [-0.05, 0) is 38.0 Å². The maximum absolute atomic E-state index is 13.3. The molecule has 2 aromatic rings. The third-order valence-electron chi connectivity index (χ3n) is 4.01. The van der Waals surface area contributed by atoms with Crippen LogP contribution >= 0.6 is 0 Å². The first-order valence-corrected chi connectivity index (χ1v) is 7.29. The lowest BCUT2D eigenvalue weighted by Crippen LogP contribution is -2.35. The van der Waals surface area contributed by atoms with Crippen molar-refractivity contribution in [3.63, 3.8) is 0 Å². The van der Waals surface area contributed by atoms with Crippen LogP contribution < -0.4 is 5.32 Å². The van der Waals surface area contributed by atoms with E-state index in [-0.39, 0.29) is 18.3 Å². The van der Waals surface area contributed by atoms with Gasteiger partial charge in [0.15, 0.2) is 6.10 Å². The van der Waals surface area contributed by atoms with E-state index in [1.807, 2.05) is 0 Å². The average Bonchev–Trinajstić information content (AvgIpc) is 3.11. The van der Waals surface area contributed by atoms with Gasteiger partial charge in [-0.2, -0.15) is 0 Å². The molecule has 6 nitrogen and oxygen atoms in total. The Balaban J connectivity index is 1.66. The van der Waals surface area contributed by atoms with Gasteiger partial charge in [0.1, 0.15) is 23.3 Å². The minimum Gasteiger partial charge on any atom is -0.479 e. The zero-order chi connectivity index (χ0) is 16.6. The van der Waals surface area contributed by atoms with E-state index >= 15 is 0 Å². The summed E-state index contributed by atoms with van der Waals surface area (Å²) < 4.78 is 24.1. The van der Waals surface area contributed by atoms with Crippen LogP contribution in [-0.4, -0.2) is 29.2 Å². The molecule has 1 saturated heterocycles. The summed E-state index contributed by atoms with van der Waals surface area (Å²) in [5.41, 5.74) is 1.31. The summed E-state index contributed by atoms with van der Waals surface area (Å²) in [6, 6.07) is 4.24. The fourth-order valence-electron chi connectivity index (χ4n) is 2.71. The number of aryl methyl sites for hydroxylation is 1. The number of fused-ring (bicyclic) bond motifs is 1. The number of amides is 1. The van der Waals surface area contributed by atoms with Gasteiger partial charge in [-0.25, -0.2) is 9.18 Å². The van der Waals surface area contributed by atoms with Crippen LogP contribution in [0.5, 0.6) is 0 Å². The Labute approximate surface area is 131 Å². The summed E-state index contributed by atoms with van der Waals surface area (Å²) in [6.45, 7) is 1.93. The van der Waals surface area contributed by atoms with Crippen LogP contribution in [0.3, 0.4) is 0 Å². The highest BCUT2D eigenvalue weighted by molar-refractivity contribution is 5.84. The third kappa shape index (κ3) is 3.05. The van der Waals surface area contributed by atoms with E-state index in [9.17, 15) is 14.0 Å². The third-order valence-corrected chi connectivity index (χ3v) is 4.01. The Hall–Kier alpha value is -2.41. The van der Waals surface area contributed by atoms with Crippen molar-refractivity contribution >= 4 is 22.8 Å². The number of hydrogen-bond acceptors (Lipinski definition) is 4. The number of carboxylic acids is 1. The normalized spacial score (nSPS) is 20.8. The Morgan fingerprint density at radius 2 is 2.09 bits per heavy atom. The second kappa shape index (κ2) is 6.00. The highest BCUT2D eigenvalue weighted by Crippen LogP contribution is 2.26. The smallest absolute Gasteiger partial charge is 0.332 e. The second-order valence-electron chi connectivity index (χ2n) is 5.54. The molecule has 0 unspecified atom stereocenters. The Kier molecular flexibility index (Phi) is 4.04. The SMILES string of the molecule is Cc1c(CNC(=O)[C@@H]2CC[C@H](C(=O)O)O2)oc2ccc(F)cc12. The molecule has 1 aromatic heterocycles. The molecule has 2 heterocycles. The summed E-state index contributed by atoms with van der Waals surface area (Å²) in [5, 5.41) is 12.2. The molecular weight excluding hydrogens is 305 g/mol. The van der Waals surface area contributed by atoms with Gasteiger partial charge in [0, 0.05) is 10.9 Å². The minimum absolute atomic E-state index is 0.137.